The van der Waals surface area contributed by atoms with Crippen molar-refractivity contribution >= 4 is 23.9 Å². The topological polar surface area (TPSA) is 34.2 Å². The predicted octanol–water partition coefficient (Wildman–Crippen LogP) is 4.54. The van der Waals surface area contributed by atoms with Crippen molar-refractivity contribution in [1.82, 2.24) is 8.61 Å². The van der Waals surface area contributed by atoms with Crippen molar-refractivity contribution in [2.45, 2.75) is 28.4 Å². The lowest BCUT2D eigenvalue weighted by Crippen LogP contribution is -2.52. The lowest BCUT2D eigenvalue weighted by molar-refractivity contribution is -0.0771. The van der Waals surface area contributed by atoms with E-state index in [4.69, 9.17) is 14.2 Å². The van der Waals surface area contributed by atoms with E-state index in [0.717, 1.165) is 50.6 Å². The summed E-state index contributed by atoms with van der Waals surface area (Å²) in [5, 5.41) is 0. The summed E-state index contributed by atoms with van der Waals surface area (Å²) >= 11 is 3.59. The van der Waals surface area contributed by atoms with Gasteiger partial charge in [0.15, 0.2) is 0 Å². The fourth-order valence-corrected chi connectivity index (χ4v) is 5.73. The monoisotopic (exact) mass is 418 g/mol. The first-order valence-corrected chi connectivity index (χ1v) is 11.1. The van der Waals surface area contributed by atoms with Gasteiger partial charge in [0.25, 0.3) is 0 Å². The molecule has 0 aliphatic carbocycles. The van der Waals surface area contributed by atoms with E-state index in [1.165, 1.54) is 9.79 Å². The Balaban J connectivity index is 1.42. The minimum absolute atomic E-state index is 0.220. The van der Waals surface area contributed by atoms with Crippen LogP contribution >= 0.6 is 23.9 Å². The van der Waals surface area contributed by atoms with Crippen LogP contribution in [-0.4, -0.2) is 54.8 Å². The minimum atomic E-state index is -0.220. The summed E-state index contributed by atoms with van der Waals surface area (Å²) in [4.78, 5) is 2.44. The van der Waals surface area contributed by atoms with Crippen molar-refractivity contribution in [3.05, 3.63) is 48.5 Å². The second-order valence-electron chi connectivity index (χ2n) is 6.90. The molecule has 2 aromatic rings. The van der Waals surface area contributed by atoms with Gasteiger partial charge >= 0.3 is 0 Å². The summed E-state index contributed by atoms with van der Waals surface area (Å²) in [6, 6.07) is 16.5. The number of piperidine rings is 1. The van der Waals surface area contributed by atoms with Crippen molar-refractivity contribution < 1.29 is 14.2 Å². The van der Waals surface area contributed by atoms with E-state index < -0.39 is 0 Å². The van der Waals surface area contributed by atoms with Crippen LogP contribution in [-0.2, 0) is 4.74 Å². The maximum absolute atomic E-state index is 6.32. The van der Waals surface area contributed by atoms with Crippen LogP contribution in [0.2, 0.25) is 0 Å². The van der Waals surface area contributed by atoms with E-state index in [9.17, 15) is 0 Å². The fraction of sp³-hybridized carbons (Fsp3) is 0.429. The van der Waals surface area contributed by atoms with Crippen LogP contribution in [0.25, 0.3) is 0 Å². The molecule has 1 unspecified atom stereocenters. The second-order valence-corrected chi connectivity index (χ2v) is 9.16. The molecule has 2 saturated heterocycles. The van der Waals surface area contributed by atoms with Crippen LogP contribution in [0.1, 0.15) is 12.8 Å². The number of nitrogens with zero attached hydrogens (tertiary/aromatic N) is 2. The summed E-state index contributed by atoms with van der Waals surface area (Å²) in [5.41, 5.74) is -0.220. The van der Waals surface area contributed by atoms with E-state index in [-0.39, 0.29) is 5.72 Å². The van der Waals surface area contributed by atoms with Gasteiger partial charge < -0.3 is 14.2 Å². The maximum Gasteiger partial charge on any atom is 0.144 e. The normalized spacial score (nSPS) is 23.2. The summed E-state index contributed by atoms with van der Waals surface area (Å²) in [6.07, 6.45) is 2.19. The second kappa shape index (κ2) is 8.97. The minimum Gasteiger partial charge on any atom is -0.497 e. The number of benzene rings is 2. The van der Waals surface area contributed by atoms with Gasteiger partial charge in [-0.2, -0.15) is 0 Å². The molecule has 2 aromatic carbocycles. The van der Waals surface area contributed by atoms with Crippen molar-refractivity contribution in [1.29, 1.82) is 0 Å². The van der Waals surface area contributed by atoms with Crippen LogP contribution in [0.15, 0.2) is 58.3 Å². The highest BCUT2D eigenvalue weighted by molar-refractivity contribution is 7.97. The Bertz CT molecular complexity index is 772. The van der Waals surface area contributed by atoms with Gasteiger partial charge in [-0.25, -0.2) is 8.61 Å². The van der Waals surface area contributed by atoms with Gasteiger partial charge in [0, 0.05) is 22.9 Å². The zero-order valence-corrected chi connectivity index (χ0v) is 17.9. The lowest BCUT2D eigenvalue weighted by atomic mass is 10.0. The molecule has 2 aliphatic heterocycles. The van der Waals surface area contributed by atoms with E-state index >= 15 is 0 Å². The molecule has 7 heteroatoms. The number of hydrogen-bond donors (Lipinski definition) is 0. The van der Waals surface area contributed by atoms with Gasteiger partial charge in [-0.05, 0) is 85.3 Å². The molecule has 1 atom stereocenters. The Labute approximate surface area is 175 Å². The molecule has 0 radical (unpaired) electrons. The Morgan fingerprint density at radius 1 is 0.857 bits per heavy atom. The van der Waals surface area contributed by atoms with E-state index in [1.54, 1.807) is 38.1 Å². The van der Waals surface area contributed by atoms with E-state index in [1.807, 2.05) is 24.3 Å². The molecular formula is C21H26N2O3S2. The van der Waals surface area contributed by atoms with Crippen LogP contribution in [0.5, 0.6) is 11.5 Å². The van der Waals surface area contributed by atoms with Gasteiger partial charge in [-0.1, -0.05) is 0 Å². The van der Waals surface area contributed by atoms with E-state index in [0.29, 0.717) is 0 Å². The average Bonchev–Trinajstić information content (AvgIpc) is 3.10. The highest BCUT2D eigenvalue weighted by Gasteiger charge is 2.46. The smallest absolute Gasteiger partial charge is 0.144 e. The molecule has 0 bridgehead atoms. The van der Waals surface area contributed by atoms with Crippen molar-refractivity contribution in [3.63, 3.8) is 0 Å². The van der Waals surface area contributed by atoms with E-state index in [2.05, 4.69) is 32.9 Å². The van der Waals surface area contributed by atoms with Gasteiger partial charge in [0.2, 0.25) is 0 Å². The van der Waals surface area contributed by atoms with Crippen LogP contribution in [0, 0.1) is 0 Å². The van der Waals surface area contributed by atoms with Gasteiger partial charge in [0.1, 0.15) is 17.2 Å². The summed E-state index contributed by atoms with van der Waals surface area (Å²) in [5.74, 6) is 1.78. The summed E-state index contributed by atoms with van der Waals surface area (Å²) in [6.45, 7) is 3.69. The first kappa shape index (κ1) is 19.9. The quantitative estimate of drug-likeness (QED) is 0.637. The molecule has 0 amide bonds. The molecular weight excluding hydrogens is 392 g/mol. The SMILES string of the molecule is COc1ccc(SN2CCCC3(C2)OCCN3Sc2ccc(OC)cc2)cc1. The third-order valence-corrected chi connectivity index (χ3v) is 7.36. The first-order valence-electron chi connectivity index (χ1n) is 9.51. The zero-order chi connectivity index (χ0) is 19.4. The Hall–Kier alpha value is -1.38. The average molecular weight is 419 g/mol. The Kier molecular flexibility index (Phi) is 6.38. The van der Waals surface area contributed by atoms with Crippen LogP contribution in [0.3, 0.4) is 0 Å². The van der Waals surface area contributed by atoms with Crippen molar-refractivity contribution in [2.24, 2.45) is 0 Å². The lowest BCUT2D eigenvalue weighted by Gasteiger charge is -2.43. The molecule has 4 rings (SSSR count). The molecule has 2 fully saturated rings. The molecule has 150 valence electrons. The first-order chi connectivity index (χ1) is 13.7. The van der Waals surface area contributed by atoms with Crippen molar-refractivity contribution in [2.75, 3.05) is 40.5 Å². The maximum atomic E-state index is 6.32. The van der Waals surface area contributed by atoms with Gasteiger partial charge in [-0.3, -0.25) is 0 Å². The molecule has 0 N–H and O–H groups in total. The molecule has 2 aliphatic rings. The number of rotatable bonds is 6. The van der Waals surface area contributed by atoms with Gasteiger partial charge in [0.05, 0.1) is 27.4 Å². The van der Waals surface area contributed by atoms with Crippen molar-refractivity contribution in [3.8, 4) is 11.5 Å². The summed E-state index contributed by atoms with van der Waals surface area (Å²) < 4.78 is 21.7. The Morgan fingerprint density at radius 3 is 2.07 bits per heavy atom. The zero-order valence-electron chi connectivity index (χ0n) is 16.3. The fourth-order valence-electron chi connectivity index (χ4n) is 3.64. The third kappa shape index (κ3) is 4.44. The molecule has 2 heterocycles. The number of ether oxygens (including phenoxy) is 3. The molecule has 0 aromatic heterocycles. The molecule has 28 heavy (non-hydrogen) atoms. The largest absolute Gasteiger partial charge is 0.497 e. The molecule has 5 nitrogen and oxygen atoms in total. The standard InChI is InChI=1S/C21H26N2O3S2/c1-24-17-4-8-19(9-5-17)27-22-13-3-12-21(16-22)23(14-15-26-21)28-20-10-6-18(25-2)7-11-20/h4-11H,3,12-16H2,1-2H3. The summed E-state index contributed by atoms with van der Waals surface area (Å²) in [7, 11) is 3.39. The Morgan fingerprint density at radius 2 is 1.46 bits per heavy atom. The highest BCUT2D eigenvalue weighted by atomic mass is 32.2. The third-order valence-electron chi connectivity index (χ3n) is 5.09. The molecule has 1 spiro atoms. The number of methoxy groups -OCH3 is 2. The highest BCUT2D eigenvalue weighted by Crippen LogP contribution is 2.42. The van der Waals surface area contributed by atoms with Gasteiger partial charge in [-0.15, -0.1) is 0 Å². The molecule has 0 saturated carbocycles. The predicted molar refractivity (Wildman–Crippen MR) is 114 cm³/mol. The van der Waals surface area contributed by atoms with Crippen LogP contribution < -0.4 is 9.47 Å². The van der Waals surface area contributed by atoms with Crippen LogP contribution in [0.4, 0.5) is 0 Å². The number of hydrogen-bond acceptors (Lipinski definition) is 7.